The number of fused-ring (bicyclic) bond motifs is 1. The van der Waals surface area contributed by atoms with Crippen molar-refractivity contribution in [1.29, 1.82) is 0 Å². The predicted octanol–water partition coefficient (Wildman–Crippen LogP) is 5.25. The molecule has 3 aromatic carbocycles. The van der Waals surface area contributed by atoms with Crippen LogP contribution in [0.4, 0.5) is 0 Å². The number of nitrogens with zero attached hydrogens (tertiary/aromatic N) is 1. The lowest BCUT2D eigenvalue weighted by atomic mass is 9.93. The van der Waals surface area contributed by atoms with Crippen LogP contribution < -0.4 is 0 Å². The van der Waals surface area contributed by atoms with Gasteiger partial charge in [0, 0.05) is 0 Å². The smallest absolute Gasteiger partial charge is 0.160 e. The molecular weight excluding hydrogens is 326 g/mol. The molecule has 0 aliphatic carbocycles. The van der Waals surface area contributed by atoms with Gasteiger partial charge in [-0.1, -0.05) is 78.9 Å². The molecule has 122 valence electrons. The second-order valence-corrected chi connectivity index (χ2v) is 6.89. The number of benzene rings is 3. The average molecular weight is 343 g/mol. The Balaban J connectivity index is 1.85. The van der Waals surface area contributed by atoms with Gasteiger partial charge >= 0.3 is 0 Å². The van der Waals surface area contributed by atoms with Crippen molar-refractivity contribution in [2.24, 2.45) is 0 Å². The summed E-state index contributed by atoms with van der Waals surface area (Å²) in [4.78, 5) is 4.69. The van der Waals surface area contributed by atoms with E-state index in [2.05, 4.69) is 0 Å². The first-order valence-electron chi connectivity index (χ1n) is 8.14. The summed E-state index contributed by atoms with van der Waals surface area (Å²) in [5.74, 6) is 0. The van der Waals surface area contributed by atoms with Crippen molar-refractivity contribution in [3.63, 3.8) is 0 Å². The van der Waals surface area contributed by atoms with Crippen LogP contribution in [0.25, 0.3) is 16.3 Å². The molecule has 3 heteroatoms. The maximum atomic E-state index is 11.6. The van der Waals surface area contributed by atoms with E-state index in [4.69, 9.17) is 4.98 Å². The molecule has 0 aliphatic rings. The van der Waals surface area contributed by atoms with Crippen molar-refractivity contribution >= 4 is 27.6 Å². The number of thiazole rings is 1. The van der Waals surface area contributed by atoms with Crippen molar-refractivity contribution < 1.29 is 5.11 Å². The minimum absolute atomic E-state index is 0.673. The molecule has 0 bridgehead atoms. The molecule has 1 atom stereocenters. The highest BCUT2D eigenvalue weighted by molar-refractivity contribution is 7.18. The maximum absolute atomic E-state index is 11.6. The Bertz CT molecular complexity index is 975. The fraction of sp³-hybridized carbons (Fsp3) is 0.0455. The molecule has 0 saturated heterocycles. The van der Waals surface area contributed by atoms with Crippen LogP contribution in [0.2, 0.25) is 0 Å². The van der Waals surface area contributed by atoms with E-state index < -0.39 is 5.60 Å². The van der Waals surface area contributed by atoms with E-state index in [0.717, 1.165) is 21.3 Å². The molecule has 0 amide bonds. The summed E-state index contributed by atoms with van der Waals surface area (Å²) in [5, 5.41) is 12.3. The second-order valence-electron chi connectivity index (χ2n) is 5.86. The SMILES string of the molecule is OC(/C=C/c1ccccc1)(c1ccccc1)c1nc2ccccc2s1. The number of hydrogen-bond acceptors (Lipinski definition) is 3. The Labute approximate surface area is 150 Å². The molecular formula is C22H17NOS. The molecule has 0 aliphatic heterocycles. The molecule has 1 heterocycles. The molecule has 1 unspecified atom stereocenters. The predicted molar refractivity (Wildman–Crippen MR) is 105 cm³/mol. The van der Waals surface area contributed by atoms with Crippen LogP contribution in [-0.4, -0.2) is 10.1 Å². The van der Waals surface area contributed by atoms with Crippen LogP contribution in [0.3, 0.4) is 0 Å². The molecule has 25 heavy (non-hydrogen) atoms. The Morgan fingerprint density at radius 2 is 1.44 bits per heavy atom. The summed E-state index contributed by atoms with van der Waals surface area (Å²) in [6.07, 6.45) is 3.77. The average Bonchev–Trinajstić information content (AvgIpc) is 3.12. The van der Waals surface area contributed by atoms with Crippen LogP contribution in [0.1, 0.15) is 16.1 Å². The van der Waals surface area contributed by atoms with Gasteiger partial charge in [-0.15, -0.1) is 11.3 Å². The lowest BCUT2D eigenvalue weighted by molar-refractivity contribution is 0.135. The van der Waals surface area contributed by atoms with E-state index in [1.54, 1.807) is 0 Å². The summed E-state index contributed by atoms with van der Waals surface area (Å²) in [6.45, 7) is 0. The third kappa shape index (κ3) is 3.12. The van der Waals surface area contributed by atoms with Crippen molar-refractivity contribution in [2.75, 3.05) is 0 Å². The van der Waals surface area contributed by atoms with Crippen LogP contribution >= 0.6 is 11.3 Å². The highest BCUT2D eigenvalue weighted by Gasteiger charge is 2.32. The lowest BCUT2D eigenvalue weighted by Gasteiger charge is -2.22. The minimum atomic E-state index is -1.26. The number of aliphatic hydroxyl groups is 1. The molecule has 0 fully saturated rings. The zero-order valence-electron chi connectivity index (χ0n) is 13.5. The van der Waals surface area contributed by atoms with Crippen molar-refractivity contribution in [3.8, 4) is 0 Å². The quantitative estimate of drug-likeness (QED) is 0.549. The third-order valence-corrected chi connectivity index (χ3v) is 5.31. The molecule has 0 saturated carbocycles. The van der Waals surface area contributed by atoms with Gasteiger partial charge in [-0.3, -0.25) is 0 Å². The Morgan fingerprint density at radius 3 is 2.16 bits per heavy atom. The highest BCUT2D eigenvalue weighted by atomic mass is 32.1. The number of hydrogen-bond donors (Lipinski definition) is 1. The molecule has 1 aromatic heterocycles. The van der Waals surface area contributed by atoms with E-state index in [0.29, 0.717) is 5.01 Å². The number of para-hydroxylation sites is 1. The fourth-order valence-electron chi connectivity index (χ4n) is 2.80. The first kappa shape index (κ1) is 15.8. The highest BCUT2D eigenvalue weighted by Crippen LogP contribution is 2.36. The molecule has 1 N–H and O–H groups in total. The van der Waals surface area contributed by atoms with Gasteiger partial charge in [0.2, 0.25) is 0 Å². The summed E-state index contributed by atoms with van der Waals surface area (Å²) in [7, 11) is 0. The summed E-state index contributed by atoms with van der Waals surface area (Å²) < 4.78 is 1.07. The Hall–Kier alpha value is -2.75. The van der Waals surface area contributed by atoms with Crippen LogP contribution in [-0.2, 0) is 5.60 Å². The van der Waals surface area contributed by atoms with Gasteiger partial charge in [0.1, 0.15) is 5.01 Å². The second kappa shape index (κ2) is 6.63. The number of rotatable bonds is 4. The Morgan fingerprint density at radius 1 is 0.800 bits per heavy atom. The molecule has 0 radical (unpaired) electrons. The van der Waals surface area contributed by atoms with Gasteiger partial charge in [-0.25, -0.2) is 4.98 Å². The van der Waals surface area contributed by atoms with Crippen molar-refractivity contribution in [2.45, 2.75) is 5.60 Å². The van der Waals surface area contributed by atoms with E-state index >= 15 is 0 Å². The van der Waals surface area contributed by atoms with Gasteiger partial charge in [-0.05, 0) is 29.3 Å². The van der Waals surface area contributed by atoms with E-state index in [-0.39, 0.29) is 0 Å². The van der Waals surface area contributed by atoms with Gasteiger partial charge in [-0.2, -0.15) is 0 Å². The molecule has 2 nitrogen and oxygen atoms in total. The zero-order valence-corrected chi connectivity index (χ0v) is 14.4. The molecule has 4 rings (SSSR count). The van der Waals surface area contributed by atoms with E-state index in [1.807, 2.05) is 97.1 Å². The minimum Gasteiger partial charge on any atom is -0.374 e. The first-order valence-corrected chi connectivity index (χ1v) is 8.95. The largest absolute Gasteiger partial charge is 0.374 e. The molecule has 4 aromatic rings. The van der Waals surface area contributed by atoms with Gasteiger partial charge in [0.05, 0.1) is 10.2 Å². The number of aromatic nitrogens is 1. The van der Waals surface area contributed by atoms with Gasteiger partial charge in [0.25, 0.3) is 0 Å². The van der Waals surface area contributed by atoms with E-state index in [1.165, 1.54) is 11.3 Å². The summed E-state index contributed by atoms with van der Waals surface area (Å²) >= 11 is 1.52. The normalized spacial score (nSPS) is 14.0. The van der Waals surface area contributed by atoms with Crippen molar-refractivity contribution in [1.82, 2.24) is 4.98 Å². The van der Waals surface area contributed by atoms with Crippen molar-refractivity contribution in [3.05, 3.63) is 107 Å². The van der Waals surface area contributed by atoms with Crippen LogP contribution in [0.5, 0.6) is 0 Å². The zero-order chi connectivity index (χ0) is 17.1. The lowest BCUT2D eigenvalue weighted by Crippen LogP contribution is -2.24. The van der Waals surface area contributed by atoms with Crippen LogP contribution in [0.15, 0.2) is 91.0 Å². The monoisotopic (exact) mass is 343 g/mol. The molecule has 0 spiro atoms. The summed E-state index contributed by atoms with van der Waals surface area (Å²) in [6, 6.07) is 27.6. The maximum Gasteiger partial charge on any atom is 0.160 e. The first-order chi connectivity index (χ1) is 12.3. The third-order valence-electron chi connectivity index (χ3n) is 4.15. The fourth-order valence-corrected chi connectivity index (χ4v) is 3.86. The topological polar surface area (TPSA) is 33.1 Å². The van der Waals surface area contributed by atoms with Crippen LogP contribution in [0, 0.1) is 0 Å². The van der Waals surface area contributed by atoms with Gasteiger partial charge in [0.15, 0.2) is 5.60 Å². The van der Waals surface area contributed by atoms with Gasteiger partial charge < -0.3 is 5.11 Å². The Kier molecular flexibility index (Phi) is 4.18. The van der Waals surface area contributed by atoms with E-state index in [9.17, 15) is 5.11 Å². The summed E-state index contributed by atoms with van der Waals surface area (Å²) in [5.41, 5.74) is 1.49. The standard InChI is InChI=1S/C22H17NOS/c24-22(18-11-5-2-6-12-18,16-15-17-9-3-1-4-10-17)21-23-19-13-7-8-14-20(19)25-21/h1-16,24H/b16-15+.